The van der Waals surface area contributed by atoms with E-state index in [-0.39, 0.29) is 16.9 Å². The van der Waals surface area contributed by atoms with Gasteiger partial charge >= 0.3 is 0 Å². The lowest BCUT2D eigenvalue weighted by atomic mass is 9.83. The second kappa shape index (κ2) is 5.96. The van der Waals surface area contributed by atoms with Crippen molar-refractivity contribution in [2.24, 2.45) is 0 Å². The summed E-state index contributed by atoms with van der Waals surface area (Å²) in [4.78, 5) is 12.4. The average Bonchev–Trinajstić information content (AvgIpc) is 2.27. The van der Waals surface area contributed by atoms with Crippen LogP contribution in [0.2, 0.25) is 0 Å². The number of carbonyl (C=O) groups is 1. The van der Waals surface area contributed by atoms with Crippen LogP contribution in [0.3, 0.4) is 0 Å². The molecule has 0 saturated carbocycles. The summed E-state index contributed by atoms with van der Waals surface area (Å²) in [5.41, 5.74) is 1.47. The van der Waals surface area contributed by atoms with E-state index in [1.54, 1.807) is 0 Å². The Hall–Kier alpha value is -1.02. The molecule has 1 aromatic rings. The van der Waals surface area contributed by atoms with E-state index in [2.05, 4.69) is 26.1 Å². The van der Waals surface area contributed by atoms with E-state index >= 15 is 0 Å². The Balaban J connectivity index is 3.01. The van der Waals surface area contributed by atoms with E-state index in [0.717, 1.165) is 17.5 Å². The van der Waals surface area contributed by atoms with Crippen molar-refractivity contribution in [3.8, 4) is 0 Å². The quantitative estimate of drug-likeness (QED) is 0.827. The molecule has 0 aliphatic heterocycles. The van der Waals surface area contributed by atoms with Gasteiger partial charge in [0.05, 0.1) is 0 Å². The minimum atomic E-state index is -0.288. The molecule has 1 rings (SSSR count). The summed E-state index contributed by atoms with van der Waals surface area (Å²) in [6.45, 7) is 10.3. The highest BCUT2D eigenvalue weighted by Gasteiger charge is 2.25. The summed E-state index contributed by atoms with van der Waals surface area (Å²) in [6.07, 6.45) is 0.748. The van der Waals surface area contributed by atoms with E-state index in [9.17, 15) is 4.79 Å². The molecular formula is C16H24ClNO. The third-order valence-corrected chi connectivity index (χ3v) is 3.34. The first-order valence-corrected chi connectivity index (χ1v) is 7.19. The Bertz CT molecular complexity index is 446. The third kappa shape index (κ3) is 4.54. The SMILES string of the molecule is CC(C)(CCCl)NC(=O)c1ccccc1C(C)(C)C. The molecule has 1 aromatic carbocycles. The van der Waals surface area contributed by atoms with E-state index in [0.29, 0.717) is 5.88 Å². The minimum Gasteiger partial charge on any atom is -0.347 e. The Morgan fingerprint density at radius 3 is 2.26 bits per heavy atom. The second-order valence-electron chi connectivity index (χ2n) is 6.57. The zero-order chi connectivity index (χ0) is 14.7. The van der Waals surface area contributed by atoms with Crippen LogP contribution in [0, 0.1) is 0 Å². The molecule has 0 spiro atoms. The molecule has 0 aromatic heterocycles. The maximum atomic E-state index is 12.4. The first-order chi connectivity index (χ1) is 8.67. The topological polar surface area (TPSA) is 29.1 Å². The van der Waals surface area contributed by atoms with Crippen LogP contribution in [0.25, 0.3) is 0 Å². The van der Waals surface area contributed by atoms with E-state index < -0.39 is 0 Å². The summed E-state index contributed by atoms with van der Waals surface area (Å²) in [5, 5.41) is 3.06. The van der Waals surface area contributed by atoms with Crippen molar-refractivity contribution in [2.75, 3.05) is 5.88 Å². The van der Waals surface area contributed by atoms with Crippen LogP contribution in [0.1, 0.15) is 57.0 Å². The molecule has 106 valence electrons. The standard InChI is InChI=1S/C16H24ClNO/c1-15(2,3)13-9-7-6-8-12(13)14(19)18-16(4,5)10-11-17/h6-9H,10-11H2,1-5H3,(H,18,19). The van der Waals surface area contributed by atoms with Crippen molar-refractivity contribution in [2.45, 2.75) is 52.0 Å². The molecule has 0 saturated heterocycles. The maximum Gasteiger partial charge on any atom is 0.251 e. The molecule has 0 heterocycles. The Morgan fingerprint density at radius 1 is 1.16 bits per heavy atom. The van der Waals surface area contributed by atoms with Gasteiger partial charge in [0.2, 0.25) is 0 Å². The average molecular weight is 282 g/mol. The lowest BCUT2D eigenvalue weighted by Gasteiger charge is -2.28. The van der Waals surface area contributed by atoms with Gasteiger partial charge < -0.3 is 5.32 Å². The van der Waals surface area contributed by atoms with Gasteiger partial charge in [-0.1, -0.05) is 39.0 Å². The fourth-order valence-electron chi connectivity index (χ4n) is 2.01. The number of rotatable bonds is 4. The molecular weight excluding hydrogens is 258 g/mol. The first kappa shape index (κ1) is 16.0. The molecule has 3 heteroatoms. The molecule has 0 unspecified atom stereocenters. The molecule has 0 fully saturated rings. The van der Waals surface area contributed by atoms with Crippen molar-refractivity contribution in [3.05, 3.63) is 35.4 Å². The van der Waals surface area contributed by atoms with Crippen molar-refractivity contribution in [3.63, 3.8) is 0 Å². The van der Waals surface area contributed by atoms with Crippen molar-refractivity contribution in [1.82, 2.24) is 5.32 Å². The monoisotopic (exact) mass is 281 g/mol. The van der Waals surface area contributed by atoms with E-state index in [4.69, 9.17) is 11.6 Å². The van der Waals surface area contributed by atoms with Gasteiger partial charge in [-0.2, -0.15) is 0 Å². The number of alkyl halides is 1. The predicted molar refractivity (Wildman–Crippen MR) is 82.0 cm³/mol. The van der Waals surface area contributed by atoms with Gasteiger partial charge in [-0.05, 0) is 37.3 Å². The Kier molecular flexibility index (Phi) is 5.03. The second-order valence-corrected chi connectivity index (χ2v) is 6.95. The van der Waals surface area contributed by atoms with Crippen LogP contribution in [0.5, 0.6) is 0 Å². The highest BCUT2D eigenvalue weighted by atomic mass is 35.5. The summed E-state index contributed by atoms with van der Waals surface area (Å²) in [6, 6.07) is 7.77. The molecule has 0 bridgehead atoms. The normalized spacial score (nSPS) is 12.3. The summed E-state index contributed by atoms with van der Waals surface area (Å²) < 4.78 is 0. The van der Waals surface area contributed by atoms with Gasteiger partial charge in [0.25, 0.3) is 5.91 Å². The van der Waals surface area contributed by atoms with Gasteiger partial charge in [0.15, 0.2) is 0 Å². The minimum absolute atomic E-state index is 0.0272. The summed E-state index contributed by atoms with van der Waals surface area (Å²) >= 11 is 5.77. The van der Waals surface area contributed by atoms with Crippen molar-refractivity contribution >= 4 is 17.5 Å². The maximum absolute atomic E-state index is 12.4. The van der Waals surface area contributed by atoms with Crippen molar-refractivity contribution < 1.29 is 4.79 Å². The fourth-order valence-corrected chi connectivity index (χ4v) is 2.48. The van der Waals surface area contributed by atoms with Crippen LogP contribution >= 0.6 is 11.6 Å². The molecule has 0 aliphatic rings. The van der Waals surface area contributed by atoms with Gasteiger partial charge in [-0.25, -0.2) is 0 Å². The highest BCUT2D eigenvalue weighted by molar-refractivity contribution is 6.17. The third-order valence-electron chi connectivity index (χ3n) is 3.15. The van der Waals surface area contributed by atoms with Gasteiger partial charge in [-0.3, -0.25) is 4.79 Å². The van der Waals surface area contributed by atoms with Crippen LogP contribution in [-0.2, 0) is 5.41 Å². The van der Waals surface area contributed by atoms with E-state index in [1.807, 2.05) is 38.1 Å². The van der Waals surface area contributed by atoms with Crippen molar-refractivity contribution in [1.29, 1.82) is 0 Å². The summed E-state index contributed by atoms with van der Waals surface area (Å²) in [7, 11) is 0. The number of hydrogen-bond acceptors (Lipinski definition) is 1. The Labute approximate surface area is 121 Å². The Morgan fingerprint density at radius 2 is 1.74 bits per heavy atom. The molecule has 0 radical (unpaired) electrons. The first-order valence-electron chi connectivity index (χ1n) is 6.65. The summed E-state index contributed by atoms with van der Waals surface area (Å²) in [5.74, 6) is 0.509. The van der Waals surface area contributed by atoms with Crippen LogP contribution < -0.4 is 5.32 Å². The molecule has 1 amide bonds. The zero-order valence-electron chi connectivity index (χ0n) is 12.5. The predicted octanol–water partition coefficient (Wildman–Crippen LogP) is 4.12. The zero-order valence-corrected chi connectivity index (χ0v) is 13.3. The molecule has 1 N–H and O–H groups in total. The number of nitrogens with one attached hydrogen (secondary N) is 1. The van der Waals surface area contributed by atoms with Crippen LogP contribution in [-0.4, -0.2) is 17.3 Å². The van der Waals surface area contributed by atoms with Gasteiger partial charge in [-0.15, -0.1) is 11.6 Å². The molecule has 19 heavy (non-hydrogen) atoms. The smallest absolute Gasteiger partial charge is 0.251 e. The molecule has 2 nitrogen and oxygen atoms in total. The highest BCUT2D eigenvalue weighted by Crippen LogP contribution is 2.26. The number of halogens is 1. The lowest BCUT2D eigenvalue weighted by molar-refractivity contribution is 0.0909. The number of amides is 1. The largest absolute Gasteiger partial charge is 0.347 e. The lowest BCUT2D eigenvalue weighted by Crippen LogP contribution is -2.44. The van der Waals surface area contributed by atoms with Crippen LogP contribution in [0.4, 0.5) is 0 Å². The van der Waals surface area contributed by atoms with Crippen LogP contribution in [0.15, 0.2) is 24.3 Å². The van der Waals surface area contributed by atoms with Gasteiger partial charge in [0.1, 0.15) is 0 Å². The molecule has 0 atom stereocenters. The number of benzene rings is 1. The number of carbonyl (C=O) groups excluding carboxylic acids is 1. The van der Waals surface area contributed by atoms with Gasteiger partial charge in [0, 0.05) is 17.0 Å². The number of hydrogen-bond donors (Lipinski definition) is 1. The van der Waals surface area contributed by atoms with E-state index in [1.165, 1.54) is 0 Å². The fraction of sp³-hybridized carbons (Fsp3) is 0.562. The molecule has 0 aliphatic carbocycles.